The van der Waals surface area contributed by atoms with Gasteiger partial charge in [0.2, 0.25) is 11.8 Å². The van der Waals surface area contributed by atoms with Gasteiger partial charge in [0.25, 0.3) is 0 Å². The summed E-state index contributed by atoms with van der Waals surface area (Å²) in [6.07, 6.45) is 4.40. The number of aryl methyl sites for hydroxylation is 1. The number of amides is 3. The number of carbonyl (C=O) groups is 3. The first-order chi connectivity index (χ1) is 17.6. The Balaban J connectivity index is 2.27. The van der Waals surface area contributed by atoms with Gasteiger partial charge in [0.05, 0.1) is 0 Å². The van der Waals surface area contributed by atoms with E-state index in [1.165, 1.54) is 0 Å². The van der Waals surface area contributed by atoms with Crippen LogP contribution in [0.2, 0.25) is 0 Å². The zero-order chi connectivity index (χ0) is 27.3. The Hall–Kier alpha value is -3.35. The topological polar surface area (TPSA) is 87.7 Å². The lowest BCUT2D eigenvalue weighted by molar-refractivity contribution is -0.140. The summed E-state index contributed by atoms with van der Waals surface area (Å²) in [6.45, 7) is 9.93. The Morgan fingerprint density at radius 3 is 2.27 bits per heavy atom. The first kappa shape index (κ1) is 29.9. The molecule has 7 nitrogen and oxygen atoms in total. The number of hydrogen-bond donors (Lipinski definition) is 2. The van der Waals surface area contributed by atoms with E-state index in [9.17, 15) is 14.4 Å². The lowest BCUT2D eigenvalue weighted by Crippen LogP contribution is -2.48. The van der Waals surface area contributed by atoms with Crippen LogP contribution in [0.5, 0.6) is 0 Å². The van der Waals surface area contributed by atoms with Crippen LogP contribution in [-0.4, -0.2) is 41.5 Å². The standard InChI is InChI=1S/C30H43N3O4/c1-6-7-8-9-13-19-33(26(34)22-32-29(36)37-30(3,4)5)27(25-18-14-15-23(2)20-25)28(35)31-21-24-16-11-10-12-17-24/h10-12,14-18,20,27H,6-9,13,19,21-22H2,1-5H3,(H,31,35)(H,32,36). The monoisotopic (exact) mass is 509 g/mol. The van der Waals surface area contributed by atoms with E-state index in [-0.39, 0.29) is 18.4 Å². The average Bonchev–Trinajstić information content (AvgIpc) is 2.84. The van der Waals surface area contributed by atoms with Crippen molar-refractivity contribution in [2.75, 3.05) is 13.1 Å². The van der Waals surface area contributed by atoms with Crippen LogP contribution >= 0.6 is 0 Å². The maximum Gasteiger partial charge on any atom is 0.408 e. The molecule has 2 aromatic rings. The Bertz CT molecular complexity index is 1000. The average molecular weight is 510 g/mol. The predicted molar refractivity (Wildman–Crippen MR) is 147 cm³/mol. The summed E-state index contributed by atoms with van der Waals surface area (Å²) in [5, 5.41) is 5.57. The number of rotatable bonds is 13. The lowest BCUT2D eigenvalue weighted by Gasteiger charge is -2.32. The summed E-state index contributed by atoms with van der Waals surface area (Å²) in [4.78, 5) is 40.9. The second kappa shape index (κ2) is 15.0. The number of unbranched alkanes of at least 4 members (excludes halogenated alkanes) is 4. The fourth-order valence-electron chi connectivity index (χ4n) is 4.04. The minimum absolute atomic E-state index is 0.252. The summed E-state index contributed by atoms with van der Waals surface area (Å²) < 4.78 is 5.29. The fraction of sp³-hybridized carbons (Fsp3) is 0.500. The molecule has 0 aromatic heterocycles. The van der Waals surface area contributed by atoms with Crippen LogP contribution in [0.25, 0.3) is 0 Å². The number of ether oxygens (including phenoxy) is 1. The van der Waals surface area contributed by atoms with Crippen molar-refractivity contribution >= 4 is 17.9 Å². The van der Waals surface area contributed by atoms with Crippen LogP contribution in [-0.2, 0) is 20.9 Å². The molecule has 1 unspecified atom stereocenters. The van der Waals surface area contributed by atoms with Crippen molar-refractivity contribution in [1.82, 2.24) is 15.5 Å². The third-order valence-electron chi connectivity index (χ3n) is 5.83. The molecule has 0 saturated carbocycles. The number of benzene rings is 2. The smallest absolute Gasteiger partial charge is 0.408 e. The van der Waals surface area contributed by atoms with Gasteiger partial charge in [0.15, 0.2) is 0 Å². The third kappa shape index (κ3) is 11.1. The van der Waals surface area contributed by atoms with Crippen LogP contribution in [0.1, 0.15) is 82.5 Å². The summed E-state index contributed by atoms with van der Waals surface area (Å²) in [5.74, 6) is -0.587. The van der Waals surface area contributed by atoms with Crippen LogP contribution in [0, 0.1) is 6.92 Å². The molecule has 1 atom stereocenters. The van der Waals surface area contributed by atoms with Crippen LogP contribution in [0.3, 0.4) is 0 Å². The molecule has 2 rings (SSSR count). The Labute approximate surface area is 222 Å². The van der Waals surface area contributed by atoms with Crippen molar-refractivity contribution < 1.29 is 19.1 Å². The summed E-state index contributed by atoms with van der Waals surface area (Å²) >= 11 is 0. The number of nitrogens with zero attached hydrogens (tertiary/aromatic N) is 1. The summed E-state index contributed by atoms with van der Waals surface area (Å²) in [7, 11) is 0. The van der Waals surface area contributed by atoms with Crippen molar-refractivity contribution in [3.05, 3.63) is 71.3 Å². The lowest BCUT2D eigenvalue weighted by atomic mass is 10.0. The van der Waals surface area contributed by atoms with Crippen molar-refractivity contribution in [2.24, 2.45) is 0 Å². The van der Waals surface area contributed by atoms with Gasteiger partial charge in [-0.25, -0.2) is 4.79 Å². The molecular weight excluding hydrogens is 466 g/mol. The number of alkyl carbamates (subject to hydrolysis) is 1. The van der Waals surface area contributed by atoms with Crippen molar-refractivity contribution in [3.63, 3.8) is 0 Å². The van der Waals surface area contributed by atoms with Crippen molar-refractivity contribution in [3.8, 4) is 0 Å². The van der Waals surface area contributed by atoms with Gasteiger partial charge < -0.3 is 20.3 Å². The molecule has 0 saturated heterocycles. The van der Waals surface area contributed by atoms with Gasteiger partial charge in [-0.2, -0.15) is 0 Å². The molecule has 2 N–H and O–H groups in total. The molecule has 37 heavy (non-hydrogen) atoms. The molecule has 2 aromatic carbocycles. The van der Waals surface area contributed by atoms with Gasteiger partial charge in [-0.3, -0.25) is 9.59 Å². The van der Waals surface area contributed by atoms with Gasteiger partial charge in [0, 0.05) is 13.1 Å². The highest BCUT2D eigenvalue weighted by Crippen LogP contribution is 2.24. The molecule has 0 fully saturated rings. The second-order valence-electron chi connectivity index (χ2n) is 10.4. The maximum atomic E-state index is 13.6. The zero-order valence-corrected chi connectivity index (χ0v) is 23.0. The Morgan fingerprint density at radius 2 is 1.62 bits per heavy atom. The minimum atomic E-state index is -0.817. The van der Waals surface area contributed by atoms with Crippen molar-refractivity contribution in [1.29, 1.82) is 0 Å². The molecule has 0 radical (unpaired) electrons. The van der Waals surface area contributed by atoms with Gasteiger partial charge in [0.1, 0.15) is 18.2 Å². The highest BCUT2D eigenvalue weighted by molar-refractivity contribution is 5.90. The van der Waals surface area contributed by atoms with E-state index >= 15 is 0 Å². The number of nitrogens with one attached hydrogen (secondary N) is 2. The summed E-state index contributed by atoms with van der Waals surface area (Å²) in [5.41, 5.74) is 2.04. The Morgan fingerprint density at radius 1 is 0.919 bits per heavy atom. The van der Waals surface area contributed by atoms with E-state index < -0.39 is 17.7 Å². The SMILES string of the molecule is CCCCCCCN(C(=O)CNC(=O)OC(C)(C)C)C(C(=O)NCc1ccccc1)c1cccc(C)c1. The molecule has 0 spiro atoms. The second-order valence-corrected chi connectivity index (χ2v) is 10.4. The van der Waals surface area contributed by atoms with E-state index in [0.717, 1.165) is 48.8 Å². The molecule has 3 amide bonds. The zero-order valence-electron chi connectivity index (χ0n) is 23.0. The van der Waals surface area contributed by atoms with E-state index in [0.29, 0.717) is 13.1 Å². The highest BCUT2D eigenvalue weighted by atomic mass is 16.6. The van der Waals surface area contributed by atoms with E-state index in [2.05, 4.69) is 17.6 Å². The van der Waals surface area contributed by atoms with Gasteiger partial charge in [-0.1, -0.05) is 92.8 Å². The molecule has 0 heterocycles. The maximum absolute atomic E-state index is 13.6. The number of hydrogen-bond acceptors (Lipinski definition) is 4. The number of carbonyl (C=O) groups excluding carboxylic acids is 3. The van der Waals surface area contributed by atoms with E-state index in [1.54, 1.807) is 25.7 Å². The summed E-state index contributed by atoms with van der Waals surface area (Å²) in [6, 6.07) is 16.5. The molecular formula is C30H43N3O4. The molecule has 0 aliphatic carbocycles. The molecule has 0 aliphatic rings. The first-order valence-corrected chi connectivity index (χ1v) is 13.2. The fourth-order valence-corrected chi connectivity index (χ4v) is 4.04. The van der Waals surface area contributed by atoms with E-state index in [1.807, 2.05) is 61.5 Å². The predicted octanol–water partition coefficient (Wildman–Crippen LogP) is 5.68. The molecule has 202 valence electrons. The van der Waals surface area contributed by atoms with Gasteiger partial charge >= 0.3 is 6.09 Å². The molecule has 0 bridgehead atoms. The van der Waals surface area contributed by atoms with Crippen molar-refractivity contribution in [2.45, 2.75) is 84.9 Å². The quantitative estimate of drug-likeness (QED) is 0.340. The van der Waals surface area contributed by atoms with Gasteiger partial charge in [-0.05, 0) is 45.2 Å². The molecule has 7 heteroatoms. The largest absolute Gasteiger partial charge is 0.444 e. The van der Waals surface area contributed by atoms with Crippen LogP contribution in [0.15, 0.2) is 54.6 Å². The Kier molecular flexibility index (Phi) is 12.1. The first-order valence-electron chi connectivity index (χ1n) is 13.2. The highest BCUT2D eigenvalue weighted by Gasteiger charge is 2.31. The molecule has 0 aliphatic heterocycles. The van der Waals surface area contributed by atoms with Crippen LogP contribution in [0.4, 0.5) is 4.79 Å². The third-order valence-corrected chi connectivity index (χ3v) is 5.83. The van der Waals surface area contributed by atoms with E-state index in [4.69, 9.17) is 4.74 Å². The van der Waals surface area contributed by atoms with Crippen LogP contribution < -0.4 is 10.6 Å². The normalized spacial score (nSPS) is 11.9. The minimum Gasteiger partial charge on any atom is -0.444 e. The van der Waals surface area contributed by atoms with Gasteiger partial charge in [-0.15, -0.1) is 0 Å².